The van der Waals surface area contributed by atoms with E-state index in [4.69, 9.17) is 14.9 Å². The van der Waals surface area contributed by atoms with Crippen molar-refractivity contribution in [2.75, 3.05) is 6.61 Å². The quantitative estimate of drug-likeness (QED) is 0.932. The molecule has 108 valence electrons. The number of halogens is 3. The van der Waals surface area contributed by atoms with Crippen LogP contribution in [-0.2, 0) is 6.18 Å². The topological polar surface area (TPSA) is 48.4 Å². The number of aryl methyl sites for hydroxylation is 1. The van der Waals surface area contributed by atoms with E-state index in [1.807, 2.05) is 0 Å². The second-order valence-corrected chi connectivity index (χ2v) is 4.39. The first-order valence-electron chi connectivity index (χ1n) is 5.98. The summed E-state index contributed by atoms with van der Waals surface area (Å²) in [5.41, 5.74) is 5.09. The van der Waals surface area contributed by atoms with Gasteiger partial charge in [0.2, 0.25) is 0 Å². The highest BCUT2D eigenvalue weighted by Gasteiger charge is 2.30. The van der Waals surface area contributed by atoms with Crippen LogP contribution in [0.2, 0.25) is 0 Å². The van der Waals surface area contributed by atoms with Gasteiger partial charge in [0.25, 0.3) is 0 Å². The summed E-state index contributed by atoms with van der Waals surface area (Å²) in [5.74, 6) is 1.38. The molecule has 2 rings (SSSR count). The number of nitrogens with two attached hydrogens (primary N) is 1. The van der Waals surface area contributed by atoms with Crippen LogP contribution in [0.25, 0.3) is 0 Å². The predicted molar refractivity (Wildman–Crippen MR) is 67.3 cm³/mol. The molecular formula is C14H14F3NO2. The Labute approximate surface area is 114 Å². The van der Waals surface area contributed by atoms with Crippen LogP contribution >= 0.6 is 0 Å². The van der Waals surface area contributed by atoms with Crippen molar-refractivity contribution in [3.05, 3.63) is 53.5 Å². The molecule has 0 fully saturated rings. The molecule has 1 heterocycles. The molecule has 1 atom stereocenters. The van der Waals surface area contributed by atoms with Gasteiger partial charge in [0, 0.05) is 0 Å². The van der Waals surface area contributed by atoms with Crippen LogP contribution in [0, 0.1) is 6.92 Å². The summed E-state index contributed by atoms with van der Waals surface area (Å²) in [7, 11) is 0. The largest absolute Gasteiger partial charge is 0.491 e. The minimum atomic E-state index is -4.39. The van der Waals surface area contributed by atoms with Crippen LogP contribution in [0.15, 0.2) is 40.8 Å². The van der Waals surface area contributed by atoms with Crippen molar-refractivity contribution in [3.63, 3.8) is 0 Å². The van der Waals surface area contributed by atoms with Crippen molar-refractivity contribution in [2.45, 2.75) is 19.1 Å². The van der Waals surface area contributed by atoms with Gasteiger partial charge in [-0.1, -0.05) is 6.07 Å². The molecule has 0 aliphatic carbocycles. The fourth-order valence-electron chi connectivity index (χ4n) is 1.68. The summed E-state index contributed by atoms with van der Waals surface area (Å²) in [6, 6.07) is 7.63. The van der Waals surface area contributed by atoms with E-state index in [-0.39, 0.29) is 12.4 Å². The third kappa shape index (κ3) is 3.54. The van der Waals surface area contributed by atoms with E-state index in [1.54, 1.807) is 19.1 Å². The molecule has 0 radical (unpaired) electrons. The van der Waals surface area contributed by atoms with Gasteiger partial charge in [0.1, 0.15) is 23.9 Å². The summed E-state index contributed by atoms with van der Waals surface area (Å²) >= 11 is 0. The summed E-state index contributed by atoms with van der Waals surface area (Å²) in [4.78, 5) is 0. The van der Waals surface area contributed by atoms with Crippen molar-refractivity contribution in [3.8, 4) is 5.75 Å². The van der Waals surface area contributed by atoms with Crippen molar-refractivity contribution < 1.29 is 22.3 Å². The Morgan fingerprint density at radius 2 is 2.00 bits per heavy atom. The van der Waals surface area contributed by atoms with Crippen LogP contribution in [-0.4, -0.2) is 6.61 Å². The number of furan rings is 1. The van der Waals surface area contributed by atoms with Crippen molar-refractivity contribution in [1.29, 1.82) is 0 Å². The Balaban J connectivity index is 2.00. The maximum atomic E-state index is 12.5. The van der Waals surface area contributed by atoms with Crippen molar-refractivity contribution >= 4 is 0 Å². The molecule has 0 aliphatic heterocycles. The molecule has 0 bridgehead atoms. The van der Waals surface area contributed by atoms with Gasteiger partial charge >= 0.3 is 6.18 Å². The second-order valence-electron chi connectivity index (χ2n) is 4.39. The number of hydrogen-bond acceptors (Lipinski definition) is 3. The Bertz CT molecular complexity index is 578. The number of ether oxygens (including phenoxy) is 1. The molecule has 0 aliphatic rings. The van der Waals surface area contributed by atoms with Gasteiger partial charge in [-0.3, -0.25) is 0 Å². The smallest absolute Gasteiger partial charge is 0.416 e. The molecule has 1 unspecified atom stereocenters. The Morgan fingerprint density at radius 1 is 1.25 bits per heavy atom. The molecule has 0 saturated carbocycles. The van der Waals surface area contributed by atoms with Crippen molar-refractivity contribution in [2.24, 2.45) is 5.73 Å². The molecule has 3 nitrogen and oxygen atoms in total. The van der Waals surface area contributed by atoms with E-state index >= 15 is 0 Å². The van der Waals surface area contributed by atoms with Gasteiger partial charge in [0.15, 0.2) is 0 Å². The van der Waals surface area contributed by atoms with E-state index in [2.05, 4.69) is 0 Å². The average Bonchev–Trinajstić information content (AvgIpc) is 2.82. The maximum absolute atomic E-state index is 12.5. The van der Waals surface area contributed by atoms with Crippen LogP contribution in [0.1, 0.15) is 23.1 Å². The van der Waals surface area contributed by atoms with E-state index in [9.17, 15) is 13.2 Å². The summed E-state index contributed by atoms with van der Waals surface area (Å²) < 4.78 is 48.2. The first kappa shape index (κ1) is 14.5. The third-order valence-electron chi connectivity index (χ3n) is 2.72. The fourth-order valence-corrected chi connectivity index (χ4v) is 1.68. The zero-order valence-electron chi connectivity index (χ0n) is 10.8. The lowest BCUT2D eigenvalue weighted by Crippen LogP contribution is -2.18. The number of benzene rings is 1. The van der Waals surface area contributed by atoms with Crippen molar-refractivity contribution in [1.82, 2.24) is 0 Å². The molecule has 2 aromatic rings. The lowest BCUT2D eigenvalue weighted by Gasteiger charge is -2.13. The molecule has 20 heavy (non-hydrogen) atoms. The Kier molecular flexibility index (Phi) is 4.04. The molecule has 1 aromatic carbocycles. The first-order chi connectivity index (χ1) is 9.36. The lowest BCUT2D eigenvalue weighted by molar-refractivity contribution is -0.137. The molecule has 1 aromatic heterocycles. The molecule has 0 saturated heterocycles. The minimum Gasteiger partial charge on any atom is -0.491 e. The molecule has 6 heteroatoms. The average molecular weight is 285 g/mol. The summed E-state index contributed by atoms with van der Waals surface area (Å²) in [6.45, 7) is 1.82. The van der Waals surface area contributed by atoms with Gasteiger partial charge in [-0.15, -0.1) is 0 Å². The highest BCUT2D eigenvalue weighted by molar-refractivity contribution is 5.30. The van der Waals surface area contributed by atoms with E-state index < -0.39 is 17.8 Å². The zero-order chi connectivity index (χ0) is 14.8. The highest BCUT2D eigenvalue weighted by Crippen LogP contribution is 2.31. The van der Waals surface area contributed by atoms with Crippen LogP contribution in [0.5, 0.6) is 5.75 Å². The molecule has 2 N–H and O–H groups in total. The van der Waals surface area contributed by atoms with Crippen LogP contribution < -0.4 is 10.5 Å². The van der Waals surface area contributed by atoms with Gasteiger partial charge in [0.05, 0.1) is 11.6 Å². The van der Waals surface area contributed by atoms with E-state index in [0.717, 1.165) is 17.9 Å². The summed E-state index contributed by atoms with van der Waals surface area (Å²) in [5, 5.41) is 0. The van der Waals surface area contributed by atoms with Gasteiger partial charge in [-0.25, -0.2) is 0 Å². The Hall–Kier alpha value is -1.95. The first-order valence-corrected chi connectivity index (χ1v) is 5.98. The predicted octanol–water partition coefficient (Wildman–Crippen LogP) is 3.69. The van der Waals surface area contributed by atoms with Crippen LogP contribution in [0.4, 0.5) is 13.2 Å². The fraction of sp³-hybridized carbons (Fsp3) is 0.286. The third-order valence-corrected chi connectivity index (χ3v) is 2.72. The van der Waals surface area contributed by atoms with Gasteiger partial charge < -0.3 is 14.9 Å². The van der Waals surface area contributed by atoms with Gasteiger partial charge in [-0.2, -0.15) is 13.2 Å². The molecular weight excluding hydrogens is 271 g/mol. The maximum Gasteiger partial charge on any atom is 0.416 e. The number of rotatable bonds is 4. The zero-order valence-corrected chi connectivity index (χ0v) is 10.8. The van der Waals surface area contributed by atoms with E-state index in [0.29, 0.717) is 5.76 Å². The molecule has 0 amide bonds. The standard InChI is InChI=1S/C14H14F3NO2/c1-9-5-6-13(20-9)12(18)8-19-11-4-2-3-10(7-11)14(15,16)17/h2-7,12H,8,18H2,1H3. The van der Waals surface area contributed by atoms with E-state index in [1.165, 1.54) is 12.1 Å². The Morgan fingerprint density at radius 3 is 2.60 bits per heavy atom. The lowest BCUT2D eigenvalue weighted by atomic mass is 10.2. The molecule has 0 spiro atoms. The SMILES string of the molecule is Cc1ccc(C(N)COc2cccc(C(F)(F)F)c2)o1. The number of hydrogen-bond donors (Lipinski definition) is 1. The number of alkyl halides is 3. The summed E-state index contributed by atoms with van der Waals surface area (Å²) in [6.07, 6.45) is -4.39. The normalized spacial score (nSPS) is 13.2. The monoisotopic (exact) mass is 285 g/mol. The second kappa shape index (κ2) is 5.58. The highest BCUT2D eigenvalue weighted by atomic mass is 19.4. The van der Waals surface area contributed by atoms with Crippen LogP contribution in [0.3, 0.4) is 0 Å². The van der Waals surface area contributed by atoms with Gasteiger partial charge in [-0.05, 0) is 37.3 Å². The minimum absolute atomic E-state index is 0.0360.